The van der Waals surface area contributed by atoms with Crippen molar-refractivity contribution in [3.8, 4) is 0 Å². The highest BCUT2D eigenvalue weighted by Crippen LogP contribution is 2.35. The van der Waals surface area contributed by atoms with E-state index in [9.17, 15) is 19.2 Å². The predicted molar refractivity (Wildman–Crippen MR) is 201 cm³/mol. The Bertz CT molecular complexity index is 1240. The van der Waals surface area contributed by atoms with E-state index in [2.05, 4.69) is 29.5 Å². The zero-order valence-electron chi connectivity index (χ0n) is 34.0. The van der Waals surface area contributed by atoms with Crippen molar-refractivity contribution in [3.63, 3.8) is 0 Å². The van der Waals surface area contributed by atoms with Gasteiger partial charge in [-0.3, -0.25) is 14.9 Å². The first kappa shape index (κ1) is 43.5. The van der Waals surface area contributed by atoms with Gasteiger partial charge in [0.05, 0.1) is 18.6 Å². The Morgan fingerprint density at radius 3 is 2.04 bits per heavy atom. The number of ether oxygens (including phenoxy) is 4. The zero-order chi connectivity index (χ0) is 38.9. The molecule has 3 atom stereocenters. The lowest BCUT2D eigenvalue weighted by Crippen LogP contribution is -2.56. The molecule has 3 aliphatic rings. The third-order valence-electron chi connectivity index (χ3n) is 9.39. The fourth-order valence-electron chi connectivity index (χ4n) is 7.23. The molecular weight excluding hydrogens is 666 g/mol. The molecule has 0 aromatic carbocycles. The number of alkyl carbamates (subject to hydrolysis) is 1. The molecule has 3 fully saturated rings. The third kappa shape index (κ3) is 16.0. The molecule has 3 amide bonds. The summed E-state index contributed by atoms with van der Waals surface area (Å²) in [5, 5.41) is 6.25. The Balaban J connectivity index is 1.61. The van der Waals surface area contributed by atoms with Crippen molar-refractivity contribution in [2.24, 2.45) is 10.4 Å². The van der Waals surface area contributed by atoms with Crippen molar-refractivity contribution < 1.29 is 38.1 Å². The van der Waals surface area contributed by atoms with Crippen molar-refractivity contribution in [3.05, 3.63) is 0 Å². The topological polar surface area (TPSA) is 148 Å². The first-order valence-corrected chi connectivity index (χ1v) is 19.5. The zero-order valence-corrected chi connectivity index (χ0v) is 34.0. The van der Waals surface area contributed by atoms with Crippen LogP contribution in [0.2, 0.25) is 0 Å². The van der Waals surface area contributed by atoms with Gasteiger partial charge in [0, 0.05) is 38.3 Å². The Kier molecular flexibility index (Phi) is 15.4. The predicted octanol–water partition coefficient (Wildman–Crippen LogP) is 6.71. The second-order valence-electron chi connectivity index (χ2n) is 18.5. The van der Waals surface area contributed by atoms with Crippen LogP contribution in [0.3, 0.4) is 0 Å². The van der Waals surface area contributed by atoms with E-state index >= 15 is 0 Å². The molecule has 2 saturated heterocycles. The highest BCUT2D eigenvalue weighted by molar-refractivity contribution is 5.99. The number of guanidine groups is 1. The van der Waals surface area contributed by atoms with Gasteiger partial charge in [-0.05, 0) is 126 Å². The molecular formula is C39H69N5O8. The molecule has 1 saturated carbocycles. The van der Waals surface area contributed by atoms with Crippen LogP contribution in [0.5, 0.6) is 0 Å². The molecule has 0 bridgehead atoms. The number of amides is 3. The molecule has 13 heteroatoms. The average Bonchev–Trinajstić information content (AvgIpc) is 2.97. The van der Waals surface area contributed by atoms with E-state index in [1.807, 2.05) is 30.6 Å². The molecule has 298 valence electrons. The minimum atomic E-state index is -0.797. The van der Waals surface area contributed by atoms with Crippen LogP contribution in [0.4, 0.5) is 9.59 Å². The second kappa shape index (κ2) is 18.4. The van der Waals surface area contributed by atoms with Gasteiger partial charge in [-0.1, -0.05) is 20.3 Å². The summed E-state index contributed by atoms with van der Waals surface area (Å²) in [6.45, 7) is 22.8. The van der Waals surface area contributed by atoms with Crippen LogP contribution < -0.4 is 10.6 Å². The Labute approximate surface area is 312 Å². The number of hydrogen-bond acceptors (Lipinski definition) is 9. The summed E-state index contributed by atoms with van der Waals surface area (Å²) in [6.07, 6.45) is 7.59. The van der Waals surface area contributed by atoms with Crippen LogP contribution in [-0.2, 0) is 28.5 Å². The number of rotatable bonds is 9. The maximum absolute atomic E-state index is 14.2. The average molecular weight is 736 g/mol. The maximum atomic E-state index is 14.2. The molecule has 3 rings (SSSR count). The Morgan fingerprint density at radius 1 is 0.808 bits per heavy atom. The molecule has 52 heavy (non-hydrogen) atoms. The lowest BCUT2D eigenvalue weighted by molar-refractivity contribution is -0.158. The monoisotopic (exact) mass is 736 g/mol. The van der Waals surface area contributed by atoms with Gasteiger partial charge < -0.3 is 34.1 Å². The highest BCUT2D eigenvalue weighted by atomic mass is 16.6. The van der Waals surface area contributed by atoms with E-state index in [1.54, 1.807) is 41.5 Å². The number of likely N-dealkylation sites (tertiary alicyclic amines) is 2. The number of nitrogens with one attached hydrogen (secondary N) is 2. The van der Waals surface area contributed by atoms with Crippen molar-refractivity contribution in [1.29, 1.82) is 0 Å². The van der Waals surface area contributed by atoms with E-state index in [0.717, 1.165) is 44.9 Å². The van der Waals surface area contributed by atoms with Crippen LogP contribution in [-0.4, -0.2) is 107 Å². The second-order valence-corrected chi connectivity index (χ2v) is 18.5. The standard InChI is InChI=1S/C39H69N5O8/c1-36(2,3)50-31(45)25-30(40-27-15-14-20-39(10,11)26-27)32(46)44-21-13-12-16-28(44)19-24-49-29-17-22-43(23-18-29)33(41-34(47)51-37(4,5)6)42-35(48)52-38(7,8)9/h27-30,40H,12-26H2,1-11H3,(H,41,42,47,48)/t27?,28?,30-/m0/s1. The number of carbonyl (C=O) groups excluding carboxylic acids is 4. The molecule has 0 aromatic heterocycles. The van der Waals surface area contributed by atoms with Gasteiger partial charge in [-0.25, -0.2) is 9.59 Å². The normalized spacial score (nSPS) is 22.7. The first-order chi connectivity index (χ1) is 24.0. The summed E-state index contributed by atoms with van der Waals surface area (Å²) in [5.74, 6) is -0.302. The van der Waals surface area contributed by atoms with Crippen LogP contribution in [0, 0.1) is 5.41 Å². The SMILES string of the molecule is CC1(C)CCCC(N[C@@H](CC(=O)OC(C)(C)C)C(=O)N2CCCCC2CCOC2CCN(C(=NC(=O)OC(C)(C)C)NC(=O)OC(C)(C)C)CC2)C1. The number of piperidine rings is 2. The van der Waals surface area contributed by atoms with Gasteiger partial charge in [0.15, 0.2) is 0 Å². The quantitative estimate of drug-likeness (QED) is 0.113. The van der Waals surface area contributed by atoms with Gasteiger partial charge in [-0.2, -0.15) is 0 Å². The largest absolute Gasteiger partial charge is 0.460 e. The molecule has 2 heterocycles. The van der Waals surface area contributed by atoms with Crippen LogP contribution in [0.1, 0.15) is 147 Å². The summed E-state index contributed by atoms with van der Waals surface area (Å²) in [6, 6.07) is -0.435. The van der Waals surface area contributed by atoms with Crippen LogP contribution in [0.15, 0.2) is 4.99 Å². The van der Waals surface area contributed by atoms with Crippen LogP contribution >= 0.6 is 0 Å². The molecule has 0 aromatic rings. The Hall–Kier alpha value is -2.93. The molecule has 2 N–H and O–H groups in total. The lowest BCUT2D eigenvalue weighted by Gasteiger charge is -2.41. The molecule has 0 spiro atoms. The molecule has 2 aliphatic heterocycles. The van der Waals surface area contributed by atoms with Gasteiger partial charge in [-0.15, -0.1) is 4.99 Å². The van der Waals surface area contributed by atoms with Crippen molar-refractivity contribution >= 4 is 30.0 Å². The van der Waals surface area contributed by atoms with Crippen molar-refractivity contribution in [1.82, 2.24) is 20.4 Å². The smallest absolute Gasteiger partial charge is 0.437 e. The summed E-state index contributed by atoms with van der Waals surface area (Å²) in [5.41, 5.74) is -1.89. The summed E-state index contributed by atoms with van der Waals surface area (Å²) in [4.78, 5) is 60.3. The highest BCUT2D eigenvalue weighted by Gasteiger charge is 2.37. The van der Waals surface area contributed by atoms with Gasteiger partial charge in [0.1, 0.15) is 16.8 Å². The fourth-order valence-corrected chi connectivity index (χ4v) is 7.23. The molecule has 2 unspecified atom stereocenters. The molecule has 1 aliphatic carbocycles. The molecule has 0 radical (unpaired) electrons. The van der Waals surface area contributed by atoms with Gasteiger partial charge in [0.25, 0.3) is 0 Å². The summed E-state index contributed by atoms with van der Waals surface area (Å²) >= 11 is 0. The Morgan fingerprint density at radius 2 is 1.44 bits per heavy atom. The number of esters is 1. The van der Waals surface area contributed by atoms with Gasteiger partial charge >= 0.3 is 18.2 Å². The lowest BCUT2D eigenvalue weighted by atomic mass is 9.75. The summed E-state index contributed by atoms with van der Waals surface area (Å²) in [7, 11) is 0. The number of carbonyl (C=O) groups is 4. The fraction of sp³-hybridized carbons (Fsp3) is 0.872. The molecule has 13 nitrogen and oxygen atoms in total. The first-order valence-electron chi connectivity index (χ1n) is 19.5. The van der Waals surface area contributed by atoms with Gasteiger partial charge in [0.2, 0.25) is 11.9 Å². The number of aliphatic imine (C=N–C) groups is 1. The minimum Gasteiger partial charge on any atom is -0.460 e. The van der Waals surface area contributed by atoms with Crippen LogP contribution in [0.25, 0.3) is 0 Å². The van der Waals surface area contributed by atoms with E-state index in [0.29, 0.717) is 45.5 Å². The number of hydrogen-bond donors (Lipinski definition) is 2. The maximum Gasteiger partial charge on any atom is 0.437 e. The van der Waals surface area contributed by atoms with E-state index in [-0.39, 0.29) is 47.9 Å². The number of nitrogens with zero attached hydrogens (tertiary/aromatic N) is 3. The van der Waals surface area contributed by atoms with E-state index < -0.39 is 35.0 Å². The van der Waals surface area contributed by atoms with E-state index in [4.69, 9.17) is 18.9 Å². The van der Waals surface area contributed by atoms with Crippen molar-refractivity contribution in [2.75, 3.05) is 26.2 Å². The van der Waals surface area contributed by atoms with Crippen molar-refractivity contribution in [2.45, 2.75) is 188 Å². The van der Waals surface area contributed by atoms with E-state index in [1.165, 1.54) is 0 Å². The minimum absolute atomic E-state index is 0.00727. The summed E-state index contributed by atoms with van der Waals surface area (Å²) < 4.78 is 22.8. The third-order valence-corrected chi connectivity index (χ3v) is 9.39.